The number of methoxy groups -OCH3 is 1. The van der Waals surface area contributed by atoms with Gasteiger partial charge in [0.15, 0.2) is 5.78 Å². The summed E-state index contributed by atoms with van der Waals surface area (Å²) in [4.78, 5) is 22.5. The van der Waals surface area contributed by atoms with Crippen molar-refractivity contribution in [2.24, 2.45) is 5.92 Å². The van der Waals surface area contributed by atoms with E-state index in [0.717, 1.165) is 5.56 Å². The number of hydrogen-bond acceptors (Lipinski definition) is 3. The molecule has 1 aromatic carbocycles. The number of rotatable bonds is 5. The molecule has 0 saturated carbocycles. The lowest BCUT2D eigenvalue weighted by Crippen LogP contribution is -2.15. The summed E-state index contributed by atoms with van der Waals surface area (Å²) >= 11 is 0. The zero-order valence-corrected chi connectivity index (χ0v) is 10.2. The first-order valence-electron chi connectivity index (χ1n) is 5.36. The summed E-state index contributed by atoms with van der Waals surface area (Å²) in [6.45, 7) is 3.47. The number of ether oxygens (including phenoxy) is 1. The molecular weight excluding hydrogens is 220 g/mol. The Hall–Kier alpha value is -1.84. The largest absolute Gasteiger partial charge is 0.496 e. The second-order valence-corrected chi connectivity index (χ2v) is 4.05. The first-order chi connectivity index (χ1) is 7.95. The van der Waals surface area contributed by atoms with Crippen LogP contribution in [0.4, 0.5) is 0 Å². The van der Waals surface area contributed by atoms with Gasteiger partial charge in [-0.25, -0.2) is 0 Å². The molecule has 0 spiro atoms. The van der Waals surface area contributed by atoms with E-state index in [9.17, 15) is 9.59 Å². The number of hydrogen-bond donors (Lipinski definition) is 1. The summed E-state index contributed by atoms with van der Waals surface area (Å²) in [7, 11) is 1.57. The Morgan fingerprint density at radius 1 is 1.41 bits per heavy atom. The van der Waals surface area contributed by atoms with E-state index in [0.29, 0.717) is 11.3 Å². The van der Waals surface area contributed by atoms with Crippen molar-refractivity contribution in [1.29, 1.82) is 0 Å². The Morgan fingerprint density at radius 2 is 2.06 bits per heavy atom. The summed E-state index contributed by atoms with van der Waals surface area (Å²) < 4.78 is 5.10. The van der Waals surface area contributed by atoms with Gasteiger partial charge in [0.2, 0.25) is 0 Å². The SMILES string of the molecule is COc1ccc(C(=O)C(C)CC(=O)O)cc1C. The molecule has 1 atom stereocenters. The van der Waals surface area contributed by atoms with E-state index in [2.05, 4.69) is 0 Å². The Balaban J connectivity index is 2.89. The van der Waals surface area contributed by atoms with Crippen molar-refractivity contribution >= 4 is 11.8 Å². The highest BCUT2D eigenvalue weighted by Crippen LogP contribution is 2.21. The molecule has 0 heterocycles. The summed E-state index contributed by atoms with van der Waals surface area (Å²) in [5.74, 6) is -0.915. The number of carboxylic acids is 1. The van der Waals surface area contributed by atoms with E-state index < -0.39 is 11.9 Å². The highest BCUT2D eigenvalue weighted by atomic mass is 16.5. The average molecular weight is 236 g/mol. The van der Waals surface area contributed by atoms with E-state index in [1.807, 2.05) is 6.92 Å². The highest BCUT2D eigenvalue weighted by Gasteiger charge is 2.18. The molecule has 0 radical (unpaired) electrons. The fourth-order valence-electron chi connectivity index (χ4n) is 1.67. The van der Waals surface area contributed by atoms with E-state index in [1.54, 1.807) is 32.2 Å². The third-order valence-electron chi connectivity index (χ3n) is 2.61. The first-order valence-corrected chi connectivity index (χ1v) is 5.36. The number of carboxylic acid groups (broad SMARTS) is 1. The van der Waals surface area contributed by atoms with Gasteiger partial charge < -0.3 is 9.84 Å². The smallest absolute Gasteiger partial charge is 0.304 e. The van der Waals surface area contributed by atoms with Crippen molar-refractivity contribution in [3.63, 3.8) is 0 Å². The number of benzene rings is 1. The standard InChI is InChI=1S/C13H16O4/c1-8-6-10(4-5-11(8)17-3)13(16)9(2)7-12(14)15/h4-6,9H,7H2,1-3H3,(H,14,15). The lowest BCUT2D eigenvalue weighted by molar-refractivity contribution is -0.137. The van der Waals surface area contributed by atoms with Gasteiger partial charge in [0.1, 0.15) is 5.75 Å². The number of carbonyl (C=O) groups is 2. The van der Waals surface area contributed by atoms with Gasteiger partial charge in [-0.1, -0.05) is 6.92 Å². The Bertz CT molecular complexity index is 437. The quantitative estimate of drug-likeness (QED) is 0.797. The van der Waals surface area contributed by atoms with Crippen LogP contribution in [0.3, 0.4) is 0 Å². The lowest BCUT2D eigenvalue weighted by atomic mass is 9.95. The van der Waals surface area contributed by atoms with Crippen LogP contribution in [0.1, 0.15) is 29.3 Å². The van der Waals surface area contributed by atoms with Gasteiger partial charge in [0.05, 0.1) is 13.5 Å². The molecule has 1 N–H and O–H groups in total. The van der Waals surface area contributed by atoms with Crippen LogP contribution < -0.4 is 4.74 Å². The number of ketones is 1. The fraction of sp³-hybridized carbons (Fsp3) is 0.385. The maximum Gasteiger partial charge on any atom is 0.304 e. The monoisotopic (exact) mass is 236 g/mol. The van der Waals surface area contributed by atoms with E-state index in [4.69, 9.17) is 9.84 Å². The second-order valence-electron chi connectivity index (χ2n) is 4.05. The van der Waals surface area contributed by atoms with Crippen LogP contribution in [-0.2, 0) is 4.79 Å². The Morgan fingerprint density at radius 3 is 2.53 bits per heavy atom. The zero-order chi connectivity index (χ0) is 13.0. The van der Waals surface area contributed by atoms with Crippen LogP contribution in [0.2, 0.25) is 0 Å². The first kappa shape index (κ1) is 13.2. The Labute approximate surface area is 100 Å². The van der Waals surface area contributed by atoms with Crippen molar-refractivity contribution in [3.05, 3.63) is 29.3 Å². The average Bonchev–Trinajstić information content (AvgIpc) is 2.27. The predicted molar refractivity (Wildman–Crippen MR) is 63.5 cm³/mol. The van der Waals surface area contributed by atoms with Crippen molar-refractivity contribution in [1.82, 2.24) is 0 Å². The minimum atomic E-state index is -0.962. The van der Waals surface area contributed by atoms with Crippen LogP contribution >= 0.6 is 0 Å². The van der Waals surface area contributed by atoms with Gasteiger partial charge in [-0.15, -0.1) is 0 Å². The molecule has 0 aliphatic heterocycles. The molecule has 0 aromatic heterocycles. The number of Topliss-reactive ketones (excluding diaryl/α,β-unsaturated/α-hetero) is 1. The van der Waals surface area contributed by atoms with Crippen molar-refractivity contribution in [2.45, 2.75) is 20.3 Å². The van der Waals surface area contributed by atoms with Crippen LogP contribution in [0.25, 0.3) is 0 Å². The molecule has 0 aliphatic rings. The summed E-state index contributed by atoms with van der Waals surface area (Å²) in [5.41, 5.74) is 1.39. The number of aliphatic carboxylic acids is 1. The Kier molecular flexibility index (Phi) is 4.26. The van der Waals surface area contributed by atoms with Gasteiger partial charge >= 0.3 is 5.97 Å². The molecule has 4 heteroatoms. The normalized spacial score (nSPS) is 11.9. The van der Waals surface area contributed by atoms with E-state index >= 15 is 0 Å². The van der Waals surface area contributed by atoms with Crippen molar-refractivity contribution in [2.75, 3.05) is 7.11 Å². The molecule has 0 fully saturated rings. The topological polar surface area (TPSA) is 63.6 Å². The van der Waals surface area contributed by atoms with Crippen molar-refractivity contribution < 1.29 is 19.4 Å². The third-order valence-corrected chi connectivity index (χ3v) is 2.61. The van der Waals surface area contributed by atoms with E-state index in [-0.39, 0.29) is 12.2 Å². The van der Waals surface area contributed by atoms with Gasteiger partial charge in [0.25, 0.3) is 0 Å². The molecule has 0 saturated heterocycles. The van der Waals surface area contributed by atoms with Gasteiger partial charge in [-0.3, -0.25) is 9.59 Å². The van der Waals surface area contributed by atoms with Crippen LogP contribution in [0.15, 0.2) is 18.2 Å². The minimum Gasteiger partial charge on any atom is -0.496 e. The third kappa shape index (κ3) is 3.31. The van der Waals surface area contributed by atoms with Crippen LogP contribution in [-0.4, -0.2) is 24.0 Å². The molecule has 1 rings (SSSR count). The molecule has 17 heavy (non-hydrogen) atoms. The number of aryl methyl sites for hydroxylation is 1. The molecular formula is C13H16O4. The lowest BCUT2D eigenvalue weighted by Gasteiger charge is -2.10. The molecule has 0 aliphatic carbocycles. The molecule has 92 valence electrons. The van der Waals surface area contributed by atoms with Gasteiger partial charge in [-0.2, -0.15) is 0 Å². The fourth-order valence-corrected chi connectivity index (χ4v) is 1.67. The van der Waals surface area contributed by atoms with Gasteiger partial charge in [0, 0.05) is 11.5 Å². The highest BCUT2D eigenvalue weighted by molar-refractivity contribution is 5.99. The molecule has 0 bridgehead atoms. The van der Waals surface area contributed by atoms with Crippen LogP contribution in [0.5, 0.6) is 5.75 Å². The number of carbonyl (C=O) groups excluding carboxylic acids is 1. The molecule has 4 nitrogen and oxygen atoms in total. The summed E-state index contributed by atoms with van der Waals surface area (Å²) in [6, 6.07) is 5.10. The predicted octanol–water partition coefficient (Wildman–Crippen LogP) is 2.30. The van der Waals surface area contributed by atoms with Gasteiger partial charge in [-0.05, 0) is 30.7 Å². The molecule has 0 amide bonds. The minimum absolute atomic E-state index is 0.149. The van der Waals surface area contributed by atoms with Crippen LogP contribution in [0, 0.1) is 12.8 Å². The van der Waals surface area contributed by atoms with Crippen molar-refractivity contribution in [3.8, 4) is 5.75 Å². The summed E-state index contributed by atoms with van der Waals surface area (Å²) in [5, 5.41) is 8.64. The molecule has 1 aromatic rings. The summed E-state index contributed by atoms with van der Waals surface area (Å²) in [6.07, 6.45) is -0.149. The maximum atomic E-state index is 11.9. The maximum absolute atomic E-state index is 11.9. The second kappa shape index (κ2) is 5.48. The molecule has 1 unspecified atom stereocenters. The van der Waals surface area contributed by atoms with E-state index in [1.165, 1.54) is 0 Å². The zero-order valence-electron chi connectivity index (χ0n) is 10.2.